The molecule has 0 spiro atoms. The SMILES string of the molecule is CC.CCCc1cc(Cl)ccc1C1COc2ccc(C(C)O)cc2N(CC2CCC2C2CC(CCN(C)C(C)=O)CCO2)C1.O=CO. The second kappa shape index (κ2) is 19.3. The normalized spacial score (nSPS) is 24.0. The van der Waals surface area contributed by atoms with Crippen molar-refractivity contribution in [2.24, 2.45) is 17.8 Å². The van der Waals surface area contributed by atoms with E-state index in [-0.39, 0.29) is 18.3 Å². The van der Waals surface area contributed by atoms with Crippen LogP contribution in [0.3, 0.4) is 0 Å². The van der Waals surface area contributed by atoms with Crippen LogP contribution < -0.4 is 9.64 Å². The summed E-state index contributed by atoms with van der Waals surface area (Å²) in [7, 11) is 1.90. The molecule has 2 N–H and O–H groups in total. The molecule has 2 aromatic rings. The van der Waals surface area contributed by atoms with Crippen molar-refractivity contribution in [2.45, 2.75) is 97.7 Å². The van der Waals surface area contributed by atoms with E-state index in [4.69, 9.17) is 31.0 Å². The van der Waals surface area contributed by atoms with E-state index in [0.29, 0.717) is 30.5 Å². The number of halogens is 1. The Kier molecular flexibility index (Phi) is 15.8. The molecule has 0 aromatic heterocycles. The number of fused-ring (bicyclic) bond motifs is 1. The van der Waals surface area contributed by atoms with Gasteiger partial charge in [0.05, 0.1) is 24.5 Å². The Labute approximate surface area is 287 Å². The first-order valence-corrected chi connectivity index (χ1v) is 17.9. The minimum atomic E-state index is -0.533. The molecule has 0 radical (unpaired) electrons. The topological polar surface area (TPSA) is 99.5 Å². The van der Waals surface area contributed by atoms with Crippen LogP contribution >= 0.6 is 11.6 Å². The number of aryl methyl sites for hydroxylation is 1. The van der Waals surface area contributed by atoms with Gasteiger partial charge in [0.2, 0.25) is 5.91 Å². The Balaban J connectivity index is 0.00000114. The lowest BCUT2D eigenvalue weighted by molar-refractivity contribution is -0.128. The first kappa shape index (κ1) is 38.6. The van der Waals surface area contributed by atoms with Gasteiger partial charge < -0.3 is 29.5 Å². The molecule has 262 valence electrons. The van der Waals surface area contributed by atoms with E-state index in [2.05, 4.69) is 30.0 Å². The number of hydrogen-bond acceptors (Lipinski definition) is 6. The van der Waals surface area contributed by atoms with Gasteiger partial charge in [0.15, 0.2) is 0 Å². The Morgan fingerprint density at radius 3 is 2.55 bits per heavy atom. The molecule has 2 fully saturated rings. The van der Waals surface area contributed by atoms with Crippen molar-refractivity contribution >= 4 is 29.7 Å². The van der Waals surface area contributed by atoms with E-state index in [1.54, 1.807) is 6.92 Å². The molecule has 1 aliphatic carbocycles. The molecule has 6 atom stereocenters. The molecular weight excluding hydrogens is 616 g/mol. The molecule has 47 heavy (non-hydrogen) atoms. The molecule has 2 aromatic carbocycles. The number of nitrogens with zero attached hydrogens (tertiary/aromatic N) is 2. The van der Waals surface area contributed by atoms with Crippen molar-refractivity contribution in [1.29, 1.82) is 0 Å². The Bertz CT molecular complexity index is 1270. The predicted molar refractivity (Wildman–Crippen MR) is 190 cm³/mol. The number of carbonyl (C=O) groups is 2. The van der Waals surface area contributed by atoms with E-state index in [9.17, 15) is 9.90 Å². The minimum Gasteiger partial charge on any atom is -0.491 e. The van der Waals surface area contributed by atoms with Gasteiger partial charge in [-0.1, -0.05) is 50.9 Å². The summed E-state index contributed by atoms with van der Waals surface area (Å²) in [5, 5.41) is 18.1. The number of ether oxygens (including phenoxy) is 2. The smallest absolute Gasteiger partial charge is 0.290 e. The summed E-state index contributed by atoms with van der Waals surface area (Å²) in [4.78, 5) is 24.4. The van der Waals surface area contributed by atoms with E-state index < -0.39 is 6.10 Å². The van der Waals surface area contributed by atoms with E-state index in [1.165, 1.54) is 24.0 Å². The van der Waals surface area contributed by atoms with Crippen LogP contribution in [-0.4, -0.2) is 73.5 Å². The zero-order valence-corrected chi connectivity index (χ0v) is 30.0. The molecule has 6 unspecified atom stereocenters. The molecule has 0 bridgehead atoms. The van der Waals surface area contributed by atoms with Crippen LogP contribution in [0.5, 0.6) is 5.75 Å². The lowest BCUT2D eigenvalue weighted by atomic mass is 9.67. The molecule has 2 aliphatic heterocycles. The predicted octanol–water partition coefficient (Wildman–Crippen LogP) is 7.75. The minimum absolute atomic E-state index is 0.136. The van der Waals surface area contributed by atoms with Gasteiger partial charge >= 0.3 is 0 Å². The van der Waals surface area contributed by atoms with E-state index >= 15 is 0 Å². The Morgan fingerprint density at radius 2 is 1.91 bits per heavy atom. The number of anilines is 1. The fourth-order valence-corrected chi connectivity index (χ4v) is 7.37. The van der Waals surface area contributed by atoms with Crippen molar-refractivity contribution in [3.63, 3.8) is 0 Å². The third-order valence-electron chi connectivity index (χ3n) is 9.99. The molecule has 1 saturated heterocycles. The average molecular weight is 673 g/mol. The first-order valence-electron chi connectivity index (χ1n) is 17.5. The lowest BCUT2D eigenvalue weighted by Crippen LogP contribution is -2.47. The van der Waals surface area contributed by atoms with Crippen LogP contribution in [0.25, 0.3) is 0 Å². The number of amides is 1. The number of rotatable bonds is 10. The van der Waals surface area contributed by atoms with E-state index in [0.717, 1.165) is 80.4 Å². The van der Waals surface area contributed by atoms with Gasteiger partial charge in [0.1, 0.15) is 5.75 Å². The standard InChI is InChI=1S/C35H49ClN2O4.C2H6.CH2O2/c1-5-6-27-18-30(36)9-11-31(27)29-21-38(33-19-26(23(2)39)8-12-34(33)42-22-29)20-28-7-10-32(28)35-17-25(14-16-41-35)13-15-37(4)24(3)40;1-2;2-1-3/h8-9,11-12,18-19,23,25,28-29,32,35,39H,5-7,10,13-17,20-22H2,1-4H3;1-2H3;1H,(H,2,3). The molecule has 9 heteroatoms. The van der Waals surface area contributed by atoms with Gasteiger partial charge in [-0.25, -0.2) is 0 Å². The molecule has 5 rings (SSSR count). The summed E-state index contributed by atoms with van der Waals surface area (Å²) < 4.78 is 12.9. The monoisotopic (exact) mass is 672 g/mol. The third-order valence-corrected chi connectivity index (χ3v) is 10.2. The van der Waals surface area contributed by atoms with Gasteiger partial charge in [0, 0.05) is 51.2 Å². The Morgan fingerprint density at radius 1 is 1.17 bits per heavy atom. The molecule has 8 nitrogen and oxygen atoms in total. The van der Waals surface area contributed by atoms with Gasteiger partial charge in [-0.3, -0.25) is 9.59 Å². The zero-order valence-electron chi connectivity index (χ0n) is 29.3. The Hall–Kier alpha value is -2.81. The number of benzene rings is 2. The maximum Gasteiger partial charge on any atom is 0.290 e. The highest BCUT2D eigenvalue weighted by molar-refractivity contribution is 6.30. The summed E-state index contributed by atoms with van der Waals surface area (Å²) in [6.45, 7) is 13.5. The first-order chi connectivity index (χ1) is 22.6. The van der Waals surface area contributed by atoms with Crippen molar-refractivity contribution < 1.29 is 29.3 Å². The van der Waals surface area contributed by atoms with Crippen molar-refractivity contribution in [1.82, 2.24) is 4.90 Å². The second-order valence-corrected chi connectivity index (χ2v) is 13.5. The summed E-state index contributed by atoms with van der Waals surface area (Å²) in [5.74, 6) is 2.97. The highest BCUT2D eigenvalue weighted by Crippen LogP contribution is 2.45. The maximum absolute atomic E-state index is 11.7. The fourth-order valence-electron chi connectivity index (χ4n) is 7.18. The zero-order chi connectivity index (χ0) is 34.5. The molecule has 3 aliphatic rings. The van der Waals surface area contributed by atoms with Crippen molar-refractivity contribution in [3.05, 3.63) is 58.1 Å². The average Bonchev–Trinajstić information content (AvgIpc) is 3.22. The summed E-state index contributed by atoms with van der Waals surface area (Å²) in [6, 6.07) is 12.5. The number of carbonyl (C=O) groups excluding carboxylic acids is 1. The fraction of sp³-hybridized carbons (Fsp3) is 0.632. The molecule has 1 amide bonds. The number of aliphatic hydroxyl groups excluding tert-OH is 1. The van der Waals surface area contributed by atoms with Crippen LogP contribution in [-0.2, 0) is 20.7 Å². The van der Waals surface area contributed by atoms with Crippen LogP contribution in [0.1, 0.15) is 102 Å². The quantitative estimate of drug-likeness (QED) is 0.249. The van der Waals surface area contributed by atoms with Crippen LogP contribution in [0.15, 0.2) is 36.4 Å². The highest BCUT2D eigenvalue weighted by atomic mass is 35.5. The summed E-state index contributed by atoms with van der Waals surface area (Å²) in [6.07, 6.45) is 7.47. The third kappa shape index (κ3) is 10.6. The number of carboxylic acid groups (broad SMARTS) is 1. The van der Waals surface area contributed by atoms with Gasteiger partial charge in [-0.15, -0.1) is 0 Å². The number of hydrogen-bond donors (Lipinski definition) is 2. The molecule has 1 saturated carbocycles. The van der Waals surface area contributed by atoms with Gasteiger partial charge in [0.25, 0.3) is 6.47 Å². The summed E-state index contributed by atoms with van der Waals surface area (Å²) in [5.41, 5.74) is 4.64. The largest absolute Gasteiger partial charge is 0.491 e. The van der Waals surface area contributed by atoms with Crippen molar-refractivity contribution in [3.8, 4) is 5.75 Å². The van der Waals surface area contributed by atoms with Gasteiger partial charge in [-0.05, 0) is 104 Å². The maximum atomic E-state index is 11.7. The molecule has 2 heterocycles. The second-order valence-electron chi connectivity index (χ2n) is 13.0. The highest BCUT2D eigenvalue weighted by Gasteiger charge is 2.41. The number of aliphatic hydroxyl groups is 1. The van der Waals surface area contributed by atoms with Crippen LogP contribution in [0.2, 0.25) is 5.02 Å². The van der Waals surface area contributed by atoms with Gasteiger partial charge in [-0.2, -0.15) is 0 Å². The summed E-state index contributed by atoms with van der Waals surface area (Å²) >= 11 is 6.42. The van der Waals surface area contributed by atoms with E-state index in [1.807, 2.05) is 50.9 Å². The lowest BCUT2D eigenvalue weighted by Gasteiger charge is -2.47. The molecular formula is C38H57ClN2O6. The van der Waals surface area contributed by atoms with Crippen LogP contribution in [0, 0.1) is 17.8 Å². The van der Waals surface area contributed by atoms with Crippen molar-refractivity contribution in [2.75, 3.05) is 44.8 Å². The van der Waals surface area contributed by atoms with Crippen LogP contribution in [0.4, 0.5) is 5.69 Å².